The molecule has 3 N–H and O–H groups in total. The molecule has 1 fully saturated rings. The number of aliphatic hydroxyl groups is 1. The average molecular weight is 313 g/mol. The summed E-state index contributed by atoms with van der Waals surface area (Å²) in [5.74, 6) is 0.0712. The van der Waals surface area contributed by atoms with Crippen LogP contribution in [0.25, 0.3) is 10.8 Å². The van der Waals surface area contributed by atoms with Crippen molar-refractivity contribution in [2.45, 2.75) is 24.8 Å². The number of fused-ring (bicyclic) bond motifs is 1. The van der Waals surface area contributed by atoms with Crippen LogP contribution >= 0.6 is 0 Å². The van der Waals surface area contributed by atoms with E-state index < -0.39 is 0 Å². The van der Waals surface area contributed by atoms with Crippen molar-refractivity contribution in [2.24, 2.45) is 5.73 Å². The molecule has 2 aromatic heterocycles. The van der Waals surface area contributed by atoms with E-state index in [9.17, 15) is 5.11 Å². The van der Waals surface area contributed by atoms with Crippen molar-refractivity contribution in [3.63, 3.8) is 0 Å². The molecule has 1 aliphatic rings. The van der Waals surface area contributed by atoms with Crippen LogP contribution in [0.5, 0.6) is 5.64 Å². The Kier molecular flexibility index (Phi) is 5.25. The Labute approximate surface area is 137 Å². The minimum atomic E-state index is 0.0712. The topological polar surface area (TPSA) is 71.6 Å². The first kappa shape index (κ1) is 16.4. The van der Waals surface area contributed by atoms with E-state index in [0.717, 1.165) is 54.5 Å². The third kappa shape index (κ3) is 3.71. The molecule has 3 rings (SSSR count). The number of pyridine rings is 1. The second-order valence-corrected chi connectivity index (χ2v) is 6.30. The van der Waals surface area contributed by atoms with E-state index in [4.69, 9.17) is 10.5 Å². The van der Waals surface area contributed by atoms with E-state index in [2.05, 4.69) is 9.88 Å². The molecule has 0 aromatic carbocycles. The van der Waals surface area contributed by atoms with Crippen molar-refractivity contribution in [3.8, 4) is 5.64 Å². The Bertz CT molecular complexity index is 659. The Morgan fingerprint density at radius 2 is 2.17 bits per heavy atom. The number of likely N-dealkylation sites (tertiary alicyclic amines) is 1. The maximum absolute atomic E-state index is 9.95. The number of methoxy groups -OCH3 is 1. The summed E-state index contributed by atoms with van der Waals surface area (Å²) < 4.78 is 5.34. The summed E-state index contributed by atoms with van der Waals surface area (Å²) in [6.07, 6.45) is 3.88. The van der Waals surface area contributed by atoms with Gasteiger partial charge in [0.25, 0.3) is 0 Å². The van der Waals surface area contributed by atoms with Gasteiger partial charge in [-0.15, -0.1) is 0 Å². The average Bonchev–Trinajstić information content (AvgIpc) is 2.60. The molecule has 0 aliphatic carbocycles. The number of hydrogen-bond donors (Lipinski definition) is 2. The third-order valence-corrected chi connectivity index (χ3v) is 4.75. The fraction of sp³-hybridized carbons (Fsp3) is 0.529. The first-order chi connectivity index (χ1) is 11.2. The summed E-state index contributed by atoms with van der Waals surface area (Å²) in [4.78, 5) is 6.82. The molecule has 1 atom stereocenters. The summed E-state index contributed by atoms with van der Waals surface area (Å²) in [6, 6.07) is 6.22. The summed E-state index contributed by atoms with van der Waals surface area (Å²) in [7, 11) is 1.66. The van der Waals surface area contributed by atoms with E-state index >= 15 is 0 Å². The van der Waals surface area contributed by atoms with Gasteiger partial charge in [0.1, 0.15) is 0 Å². The molecule has 0 radical (unpaired) electrons. The van der Waals surface area contributed by atoms with Crippen LogP contribution in [0.15, 0.2) is 24.4 Å². The van der Waals surface area contributed by atoms with Gasteiger partial charge in [-0.05, 0) is 0 Å². The molecule has 122 valence electrons. The molecule has 23 heavy (non-hydrogen) atoms. The van der Waals surface area contributed by atoms with Gasteiger partial charge in [0, 0.05) is 0 Å². The number of aliphatic hydroxyl groups excluding tert-OH is 1. The number of nitrogens with two attached hydrogens (primary N) is 1. The summed E-state index contributed by atoms with van der Waals surface area (Å²) in [6.45, 7) is 4.98. The molecule has 6 heteroatoms. The number of ether oxygens (including phenoxy) is 1. The zero-order chi connectivity index (χ0) is 16.2. The summed E-state index contributed by atoms with van der Waals surface area (Å²) in [5, 5.41) is 11.0. The molecule has 0 amide bonds. The number of nitrogens with zero attached hydrogens (tertiary/aromatic N) is 2. The molecular weight excluding hydrogens is 289 g/mol. The first-order valence-electron chi connectivity index (χ1n) is 8.22. The second kappa shape index (κ2) is 7.38. The Hall–Kier alpha value is -1.50. The van der Waals surface area contributed by atoms with E-state index in [1.165, 1.54) is 0 Å². The van der Waals surface area contributed by atoms with E-state index in [0.29, 0.717) is 6.04 Å². The van der Waals surface area contributed by atoms with E-state index in [1.807, 2.05) is 31.3 Å². The van der Waals surface area contributed by atoms with Crippen molar-refractivity contribution in [2.75, 3.05) is 33.4 Å². The van der Waals surface area contributed by atoms with Crippen LogP contribution in [0.2, 0.25) is 0 Å². The van der Waals surface area contributed by atoms with Gasteiger partial charge in [0.05, 0.1) is 0 Å². The second-order valence-electron chi connectivity index (χ2n) is 6.30. The van der Waals surface area contributed by atoms with Gasteiger partial charge < -0.3 is 0 Å². The number of piperidine rings is 1. The minimum absolute atomic E-state index is 0.0712. The molecule has 1 saturated heterocycles. The van der Waals surface area contributed by atoms with Crippen LogP contribution in [0.4, 0.5) is 0 Å². The van der Waals surface area contributed by atoms with Gasteiger partial charge in [-0.2, -0.15) is 0 Å². The molecule has 0 saturated carbocycles. The molecular formula is C17H24BN3O2. The van der Waals surface area contributed by atoms with Crippen molar-refractivity contribution >= 4 is 17.7 Å². The zero-order valence-electron chi connectivity index (χ0n) is 13.6. The molecule has 1 unspecified atom stereocenters. The Morgan fingerprint density at radius 1 is 1.39 bits per heavy atom. The van der Waals surface area contributed by atoms with Crippen LogP contribution in [-0.2, 0) is 0 Å². The third-order valence-electron chi connectivity index (χ3n) is 4.75. The fourth-order valence-corrected chi connectivity index (χ4v) is 3.33. The van der Waals surface area contributed by atoms with Gasteiger partial charge >= 0.3 is 137 Å². The standard InChI is InChI=1S/C17H24BN3O2/c1-23-16-3-2-15-17(18-16)14(4-7-20-15)12(11-22)10-21-8-5-13(19)6-9-21/h2-4,7,12-13,22H,5-6,8-11,19H2,1H3. The summed E-state index contributed by atoms with van der Waals surface area (Å²) in [5.41, 5.74) is 8.86. The number of aromatic nitrogens is 1. The van der Waals surface area contributed by atoms with Crippen molar-refractivity contribution < 1.29 is 9.84 Å². The van der Waals surface area contributed by atoms with Gasteiger partial charge in [0.2, 0.25) is 0 Å². The first-order valence-corrected chi connectivity index (χ1v) is 8.22. The van der Waals surface area contributed by atoms with E-state index in [-0.39, 0.29) is 12.5 Å². The molecule has 0 spiro atoms. The van der Waals surface area contributed by atoms with Crippen LogP contribution in [0.3, 0.4) is 0 Å². The normalized spacial score (nSPS) is 18.0. The van der Waals surface area contributed by atoms with Crippen molar-refractivity contribution in [1.82, 2.24) is 9.88 Å². The number of rotatable bonds is 5. The van der Waals surface area contributed by atoms with Crippen LogP contribution in [0.1, 0.15) is 24.3 Å². The Morgan fingerprint density at radius 3 is 2.87 bits per heavy atom. The Balaban J connectivity index is 1.86. The predicted octanol–water partition coefficient (Wildman–Crippen LogP) is 1.08. The SMILES string of the molecule is COc1bc2c(C(CO)CN3CCC(N)CC3)ccnc2cc1. The monoisotopic (exact) mass is 313 g/mol. The predicted molar refractivity (Wildman–Crippen MR) is 93.1 cm³/mol. The summed E-state index contributed by atoms with van der Waals surface area (Å²) >= 11 is 0. The van der Waals surface area contributed by atoms with Gasteiger partial charge in [-0.3, -0.25) is 0 Å². The van der Waals surface area contributed by atoms with Crippen LogP contribution in [-0.4, -0.2) is 61.3 Å². The van der Waals surface area contributed by atoms with Crippen LogP contribution < -0.4 is 10.5 Å². The molecule has 5 nitrogen and oxygen atoms in total. The van der Waals surface area contributed by atoms with Gasteiger partial charge in [-0.25, -0.2) is 0 Å². The fourth-order valence-electron chi connectivity index (χ4n) is 3.33. The van der Waals surface area contributed by atoms with E-state index in [1.54, 1.807) is 7.11 Å². The number of hydrogen-bond acceptors (Lipinski definition) is 5. The van der Waals surface area contributed by atoms with Crippen molar-refractivity contribution in [1.29, 1.82) is 0 Å². The molecule has 2 aromatic rings. The van der Waals surface area contributed by atoms with Crippen LogP contribution in [0, 0.1) is 0 Å². The molecule has 1 aliphatic heterocycles. The molecule has 3 heterocycles. The van der Waals surface area contributed by atoms with Crippen molar-refractivity contribution in [3.05, 3.63) is 30.0 Å². The maximum atomic E-state index is 9.95. The zero-order valence-corrected chi connectivity index (χ0v) is 13.6. The quantitative estimate of drug-likeness (QED) is 0.864. The van der Waals surface area contributed by atoms with Gasteiger partial charge in [-0.1, -0.05) is 0 Å². The molecule has 0 bridgehead atoms. The van der Waals surface area contributed by atoms with Gasteiger partial charge in [0.15, 0.2) is 0 Å².